The third-order valence-electron chi connectivity index (χ3n) is 5.01. The zero-order chi connectivity index (χ0) is 18.4. The molecule has 0 aromatic heterocycles. The van der Waals surface area contributed by atoms with Crippen molar-refractivity contribution < 1.29 is 14.3 Å². The first-order valence-electron chi connectivity index (χ1n) is 9.24. The number of nitrogens with one attached hydrogen (secondary N) is 1. The van der Waals surface area contributed by atoms with Crippen LogP contribution >= 0.6 is 0 Å². The number of hydrogen-bond donors (Lipinski definition) is 1. The summed E-state index contributed by atoms with van der Waals surface area (Å²) in [6.07, 6.45) is 1.41. The van der Waals surface area contributed by atoms with E-state index < -0.39 is 5.41 Å². The fourth-order valence-electron chi connectivity index (χ4n) is 3.38. The van der Waals surface area contributed by atoms with Gasteiger partial charge >= 0.3 is 0 Å². The van der Waals surface area contributed by atoms with Gasteiger partial charge in [-0.2, -0.15) is 0 Å². The second-order valence-electron chi connectivity index (χ2n) is 7.06. The van der Waals surface area contributed by atoms with E-state index in [2.05, 4.69) is 5.32 Å². The molecule has 0 unspecified atom stereocenters. The Kier molecular flexibility index (Phi) is 5.94. The predicted octanol–water partition coefficient (Wildman–Crippen LogP) is 3.63. The maximum Gasteiger partial charge on any atom is 0.231 e. The van der Waals surface area contributed by atoms with Gasteiger partial charge in [0.1, 0.15) is 12.4 Å². The minimum atomic E-state index is -0.516. The lowest BCUT2D eigenvalue weighted by Gasteiger charge is -2.37. The molecule has 0 radical (unpaired) electrons. The summed E-state index contributed by atoms with van der Waals surface area (Å²) in [5.41, 5.74) is 1.74. The SMILES string of the molecule is Cc1ccc(OC[C@H](C)NC(=O)C2(c3ccccc3)CCOCC2)cc1. The first-order valence-corrected chi connectivity index (χ1v) is 9.24. The maximum absolute atomic E-state index is 13.2. The van der Waals surface area contributed by atoms with Crippen LogP contribution in [0.4, 0.5) is 0 Å². The van der Waals surface area contributed by atoms with Crippen LogP contribution in [0.3, 0.4) is 0 Å². The third kappa shape index (κ3) is 4.25. The molecule has 3 rings (SSSR count). The summed E-state index contributed by atoms with van der Waals surface area (Å²) in [6, 6.07) is 17.9. The highest BCUT2D eigenvalue weighted by molar-refractivity contribution is 5.88. The van der Waals surface area contributed by atoms with Gasteiger partial charge in [-0.15, -0.1) is 0 Å². The van der Waals surface area contributed by atoms with Crippen molar-refractivity contribution >= 4 is 5.91 Å². The summed E-state index contributed by atoms with van der Waals surface area (Å²) in [6.45, 7) is 5.68. The molecule has 1 aliphatic heterocycles. The second kappa shape index (κ2) is 8.37. The van der Waals surface area contributed by atoms with Crippen LogP contribution in [-0.2, 0) is 14.9 Å². The Balaban J connectivity index is 1.64. The lowest BCUT2D eigenvalue weighted by Crippen LogP contribution is -2.51. The smallest absolute Gasteiger partial charge is 0.231 e. The van der Waals surface area contributed by atoms with Crippen LogP contribution in [0, 0.1) is 6.92 Å². The molecule has 1 fully saturated rings. The number of benzene rings is 2. The molecule has 0 saturated carbocycles. The Hall–Kier alpha value is -2.33. The fraction of sp³-hybridized carbons (Fsp3) is 0.409. The van der Waals surface area contributed by atoms with E-state index in [-0.39, 0.29) is 11.9 Å². The minimum absolute atomic E-state index is 0.0620. The third-order valence-corrected chi connectivity index (χ3v) is 5.01. The molecule has 1 heterocycles. The van der Waals surface area contributed by atoms with Gasteiger partial charge in [-0.1, -0.05) is 48.0 Å². The molecule has 1 saturated heterocycles. The van der Waals surface area contributed by atoms with Crippen molar-refractivity contribution in [2.75, 3.05) is 19.8 Å². The van der Waals surface area contributed by atoms with E-state index in [0.29, 0.717) is 32.7 Å². The Bertz CT molecular complexity index is 706. The Morgan fingerprint density at radius 2 is 1.77 bits per heavy atom. The van der Waals surface area contributed by atoms with E-state index in [4.69, 9.17) is 9.47 Å². The Morgan fingerprint density at radius 1 is 1.12 bits per heavy atom. The molecule has 2 aromatic carbocycles. The summed E-state index contributed by atoms with van der Waals surface area (Å²) in [5, 5.41) is 3.15. The molecular formula is C22H27NO3. The van der Waals surface area contributed by atoms with Gasteiger partial charge in [0, 0.05) is 13.2 Å². The number of amides is 1. The largest absolute Gasteiger partial charge is 0.491 e. The van der Waals surface area contributed by atoms with Crippen molar-refractivity contribution in [3.8, 4) is 5.75 Å². The van der Waals surface area contributed by atoms with Gasteiger partial charge < -0.3 is 14.8 Å². The maximum atomic E-state index is 13.2. The Morgan fingerprint density at radius 3 is 2.42 bits per heavy atom. The highest BCUT2D eigenvalue weighted by Crippen LogP contribution is 2.35. The van der Waals surface area contributed by atoms with E-state index in [0.717, 1.165) is 11.3 Å². The summed E-state index contributed by atoms with van der Waals surface area (Å²) >= 11 is 0. The van der Waals surface area contributed by atoms with Crippen LogP contribution in [0.2, 0.25) is 0 Å². The van der Waals surface area contributed by atoms with Crippen molar-refractivity contribution in [2.45, 2.75) is 38.1 Å². The molecule has 138 valence electrons. The molecule has 0 aliphatic carbocycles. The van der Waals surface area contributed by atoms with Gasteiger partial charge in [-0.05, 0) is 44.4 Å². The number of ether oxygens (including phenoxy) is 2. The zero-order valence-electron chi connectivity index (χ0n) is 15.5. The topological polar surface area (TPSA) is 47.6 Å². The average Bonchev–Trinajstić information content (AvgIpc) is 2.68. The predicted molar refractivity (Wildman–Crippen MR) is 102 cm³/mol. The lowest BCUT2D eigenvalue weighted by molar-refractivity contribution is -0.131. The van der Waals surface area contributed by atoms with Crippen molar-refractivity contribution in [1.29, 1.82) is 0 Å². The molecule has 4 heteroatoms. The normalized spacial score (nSPS) is 17.3. The zero-order valence-corrected chi connectivity index (χ0v) is 15.5. The van der Waals surface area contributed by atoms with E-state index in [1.807, 2.05) is 68.4 Å². The van der Waals surface area contributed by atoms with Gasteiger partial charge in [-0.25, -0.2) is 0 Å². The van der Waals surface area contributed by atoms with Crippen molar-refractivity contribution in [3.63, 3.8) is 0 Å². The average molecular weight is 353 g/mol. The number of carbonyl (C=O) groups excluding carboxylic acids is 1. The molecule has 26 heavy (non-hydrogen) atoms. The molecule has 0 spiro atoms. The molecule has 1 aliphatic rings. The summed E-state index contributed by atoms with van der Waals surface area (Å²) in [7, 11) is 0. The van der Waals surface area contributed by atoms with Gasteiger partial charge in [0.2, 0.25) is 5.91 Å². The Labute approximate surface area is 155 Å². The molecule has 1 N–H and O–H groups in total. The van der Waals surface area contributed by atoms with Crippen LogP contribution in [0.15, 0.2) is 54.6 Å². The number of carbonyl (C=O) groups is 1. The number of aryl methyl sites for hydroxylation is 1. The monoisotopic (exact) mass is 353 g/mol. The summed E-state index contributed by atoms with van der Waals surface area (Å²) < 4.78 is 11.3. The molecule has 0 bridgehead atoms. The fourth-order valence-corrected chi connectivity index (χ4v) is 3.38. The van der Waals surface area contributed by atoms with E-state index in [1.165, 1.54) is 5.56 Å². The highest BCUT2D eigenvalue weighted by atomic mass is 16.5. The second-order valence-corrected chi connectivity index (χ2v) is 7.06. The minimum Gasteiger partial charge on any atom is -0.491 e. The lowest BCUT2D eigenvalue weighted by atomic mass is 9.73. The number of rotatable bonds is 6. The van der Waals surface area contributed by atoms with Gasteiger partial charge in [0.05, 0.1) is 11.5 Å². The number of hydrogen-bond acceptors (Lipinski definition) is 3. The summed E-state index contributed by atoms with van der Waals surface area (Å²) in [4.78, 5) is 13.2. The van der Waals surface area contributed by atoms with Crippen LogP contribution in [0.5, 0.6) is 5.75 Å². The van der Waals surface area contributed by atoms with Gasteiger partial charge in [-0.3, -0.25) is 4.79 Å². The molecular weight excluding hydrogens is 326 g/mol. The first-order chi connectivity index (χ1) is 12.6. The quantitative estimate of drug-likeness (QED) is 0.863. The van der Waals surface area contributed by atoms with Crippen molar-refractivity contribution in [1.82, 2.24) is 5.32 Å². The molecule has 1 atom stereocenters. The molecule has 2 aromatic rings. The van der Waals surface area contributed by atoms with E-state index in [1.54, 1.807) is 0 Å². The van der Waals surface area contributed by atoms with Gasteiger partial charge in [0.15, 0.2) is 0 Å². The van der Waals surface area contributed by atoms with Crippen LogP contribution in [0.1, 0.15) is 30.9 Å². The van der Waals surface area contributed by atoms with Crippen LogP contribution in [-0.4, -0.2) is 31.8 Å². The first kappa shape index (κ1) is 18.5. The highest BCUT2D eigenvalue weighted by Gasteiger charge is 2.41. The van der Waals surface area contributed by atoms with Crippen molar-refractivity contribution in [3.05, 3.63) is 65.7 Å². The van der Waals surface area contributed by atoms with Crippen LogP contribution < -0.4 is 10.1 Å². The molecule has 1 amide bonds. The van der Waals surface area contributed by atoms with Crippen LogP contribution in [0.25, 0.3) is 0 Å². The standard InChI is InChI=1S/C22H27NO3/c1-17-8-10-20(11-9-17)26-16-18(2)23-21(24)22(12-14-25-15-13-22)19-6-4-3-5-7-19/h3-11,18H,12-16H2,1-2H3,(H,23,24)/t18-/m0/s1. The van der Waals surface area contributed by atoms with Gasteiger partial charge in [0.25, 0.3) is 0 Å². The van der Waals surface area contributed by atoms with E-state index >= 15 is 0 Å². The summed E-state index contributed by atoms with van der Waals surface area (Å²) in [5.74, 6) is 0.882. The molecule has 4 nitrogen and oxygen atoms in total. The van der Waals surface area contributed by atoms with Crippen molar-refractivity contribution in [2.24, 2.45) is 0 Å². The van der Waals surface area contributed by atoms with E-state index in [9.17, 15) is 4.79 Å².